The molecule has 3 aromatic rings. The first-order valence-electron chi connectivity index (χ1n) is 7.63. The van der Waals surface area contributed by atoms with Crippen molar-refractivity contribution < 1.29 is 4.74 Å². The van der Waals surface area contributed by atoms with Gasteiger partial charge in [0.05, 0.1) is 12.5 Å². The summed E-state index contributed by atoms with van der Waals surface area (Å²) in [5.74, 6) is 1.35. The molecule has 4 nitrogen and oxygen atoms in total. The molecule has 1 N–H and O–H groups in total. The van der Waals surface area contributed by atoms with Crippen molar-refractivity contribution in [1.82, 2.24) is 9.97 Å². The number of methoxy groups -OCH3 is 1. The Balaban J connectivity index is 1.70. The number of aryl methyl sites for hydroxylation is 2. The van der Waals surface area contributed by atoms with Crippen LogP contribution in [0, 0.1) is 0 Å². The first-order chi connectivity index (χ1) is 11.2. The molecule has 0 unspecified atom stereocenters. The minimum Gasteiger partial charge on any atom is -0.497 e. The molecule has 1 aromatic carbocycles. The molecule has 2 heterocycles. The molecule has 23 heavy (non-hydrogen) atoms. The molecule has 6 heteroatoms. The third-order valence-corrected chi connectivity index (χ3v) is 5.58. The molecule has 4 rings (SSSR count). The maximum absolute atomic E-state index is 6.45. The summed E-state index contributed by atoms with van der Waals surface area (Å²) in [5, 5.41) is 4.81. The van der Waals surface area contributed by atoms with Crippen LogP contribution in [0.15, 0.2) is 24.3 Å². The van der Waals surface area contributed by atoms with E-state index in [9.17, 15) is 0 Å². The van der Waals surface area contributed by atoms with Gasteiger partial charge in [0.25, 0.3) is 0 Å². The number of nitrogens with zero attached hydrogens (tertiary/aromatic N) is 2. The number of thiophene rings is 1. The Morgan fingerprint density at radius 1 is 1.13 bits per heavy atom. The Bertz CT molecular complexity index is 860. The van der Waals surface area contributed by atoms with Crippen molar-refractivity contribution in [3.8, 4) is 5.75 Å². The van der Waals surface area contributed by atoms with Crippen molar-refractivity contribution in [3.05, 3.63) is 39.9 Å². The average molecular weight is 346 g/mol. The van der Waals surface area contributed by atoms with Crippen LogP contribution in [0.5, 0.6) is 5.75 Å². The molecular formula is C17H16ClN3OS. The topological polar surface area (TPSA) is 47.0 Å². The van der Waals surface area contributed by atoms with Gasteiger partial charge in [-0.3, -0.25) is 0 Å². The molecule has 118 valence electrons. The number of aromatic nitrogens is 2. The molecule has 0 saturated carbocycles. The SMILES string of the molecule is COc1ccc(Nc2nc(Cl)c3c4c(sc3n2)CCCC4)cc1. The number of fused-ring (bicyclic) bond motifs is 3. The van der Waals surface area contributed by atoms with E-state index in [-0.39, 0.29) is 0 Å². The number of hydrogen-bond donors (Lipinski definition) is 1. The van der Waals surface area contributed by atoms with E-state index in [0.29, 0.717) is 11.1 Å². The highest BCUT2D eigenvalue weighted by Gasteiger charge is 2.20. The van der Waals surface area contributed by atoms with Crippen LogP contribution in [-0.4, -0.2) is 17.1 Å². The zero-order valence-electron chi connectivity index (χ0n) is 12.7. The fraction of sp³-hybridized carbons (Fsp3) is 0.294. The summed E-state index contributed by atoms with van der Waals surface area (Å²) in [7, 11) is 1.65. The lowest BCUT2D eigenvalue weighted by atomic mass is 9.97. The summed E-state index contributed by atoms with van der Waals surface area (Å²) >= 11 is 8.20. The number of benzene rings is 1. The first-order valence-corrected chi connectivity index (χ1v) is 8.83. The quantitative estimate of drug-likeness (QED) is 0.680. The van der Waals surface area contributed by atoms with Gasteiger partial charge in [0.2, 0.25) is 5.95 Å². The number of halogens is 1. The lowest BCUT2D eigenvalue weighted by Crippen LogP contribution is -2.00. The van der Waals surface area contributed by atoms with Crippen molar-refractivity contribution in [3.63, 3.8) is 0 Å². The Morgan fingerprint density at radius 2 is 1.91 bits per heavy atom. The molecular weight excluding hydrogens is 330 g/mol. The zero-order chi connectivity index (χ0) is 15.8. The van der Waals surface area contributed by atoms with Gasteiger partial charge in [0, 0.05) is 10.6 Å². The Labute approximate surface area is 143 Å². The summed E-state index contributed by atoms with van der Waals surface area (Å²) in [5.41, 5.74) is 2.26. The molecule has 0 saturated heterocycles. The molecule has 1 aliphatic carbocycles. The second kappa shape index (κ2) is 5.98. The van der Waals surface area contributed by atoms with E-state index in [1.807, 2.05) is 24.3 Å². The largest absolute Gasteiger partial charge is 0.497 e. The predicted octanol–water partition coefficient (Wildman–Crippen LogP) is 4.98. The van der Waals surface area contributed by atoms with Crippen LogP contribution in [0.1, 0.15) is 23.3 Å². The number of nitrogens with one attached hydrogen (secondary N) is 1. The molecule has 0 amide bonds. The monoisotopic (exact) mass is 345 g/mol. The van der Waals surface area contributed by atoms with Crippen molar-refractivity contribution >= 4 is 44.8 Å². The fourth-order valence-corrected chi connectivity index (χ4v) is 4.57. The zero-order valence-corrected chi connectivity index (χ0v) is 14.3. The highest BCUT2D eigenvalue weighted by Crippen LogP contribution is 2.39. The van der Waals surface area contributed by atoms with Gasteiger partial charge in [-0.25, -0.2) is 9.97 Å². The summed E-state index contributed by atoms with van der Waals surface area (Å²) in [6.45, 7) is 0. The highest BCUT2D eigenvalue weighted by molar-refractivity contribution is 7.19. The smallest absolute Gasteiger partial charge is 0.230 e. The van der Waals surface area contributed by atoms with Gasteiger partial charge in [-0.05, 0) is 55.5 Å². The van der Waals surface area contributed by atoms with Crippen molar-refractivity contribution in [2.75, 3.05) is 12.4 Å². The summed E-state index contributed by atoms with van der Waals surface area (Å²) in [4.78, 5) is 11.5. The van der Waals surface area contributed by atoms with Gasteiger partial charge < -0.3 is 10.1 Å². The second-order valence-corrected chi connectivity index (χ2v) is 7.02. The van der Waals surface area contributed by atoms with E-state index in [2.05, 4.69) is 15.3 Å². The van der Waals surface area contributed by atoms with Crippen LogP contribution in [0.2, 0.25) is 5.15 Å². The summed E-state index contributed by atoms with van der Waals surface area (Å²) in [6, 6.07) is 7.65. The van der Waals surface area contributed by atoms with Gasteiger partial charge in [-0.15, -0.1) is 11.3 Å². The maximum atomic E-state index is 6.45. The normalized spacial score (nSPS) is 13.8. The van der Waals surface area contributed by atoms with Crippen LogP contribution < -0.4 is 10.1 Å². The van der Waals surface area contributed by atoms with Crippen LogP contribution in [0.4, 0.5) is 11.6 Å². The third kappa shape index (κ3) is 2.75. The van der Waals surface area contributed by atoms with Gasteiger partial charge in [0.1, 0.15) is 15.7 Å². The van der Waals surface area contributed by atoms with Gasteiger partial charge >= 0.3 is 0 Å². The van der Waals surface area contributed by atoms with Crippen molar-refractivity contribution in [1.29, 1.82) is 0 Å². The van der Waals surface area contributed by atoms with E-state index in [1.165, 1.54) is 23.3 Å². The van der Waals surface area contributed by atoms with Crippen molar-refractivity contribution in [2.24, 2.45) is 0 Å². The van der Waals surface area contributed by atoms with Crippen LogP contribution >= 0.6 is 22.9 Å². The Hall–Kier alpha value is -1.85. The minimum absolute atomic E-state index is 0.534. The second-order valence-electron chi connectivity index (χ2n) is 5.58. The van der Waals surface area contributed by atoms with E-state index >= 15 is 0 Å². The van der Waals surface area contributed by atoms with Crippen LogP contribution in [0.25, 0.3) is 10.2 Å². The van der Waals surface area contributed by atoms with Crippen molar-refractivity contribution in [2.45, 2.75) is 25.7 Å². The molecule has 0 spiro atoms. The van der Waals surface area contributed by atoms with E-state index < -0.39 is 0 Å². The minimum atomic E-state index is 0.534. The van der Waals surface area contributed by atoms with Crippen LogP contribution in [-0.2, 0) is 12.8 Å². The Morgan fingerprint density at radius 3 is 2.70 bits per heavy atom. The molecule has 1 aliphatic rings. The number of hydrogen-bond acceptors (Lipinski definition) is 5. The van der Waals surface area contributed by atoms with Gasteiger partial charge in [-0.1, -0.05) is 11.6 Å². The fourth-order valence-electron chi connectivity index (χ4n) is 2.97. The summed E-state index contributed by atoms with van der Waals surface area (Å²) in [6.07, 6.45) is 4.69. The standard InChI is InChI=1S/C17H16ClN3OS/c1-22-11-8-6-10(7-9-11)19-17-20-15(18)14-12-4-2-3-5-13(12)23-16(14)21-17/h6-9H,2-5H2,1H3,(H,19,20,21). The summed E-state index contributed by atoms with van der Waals surface area (Å²) < 4.78 is 5.16. The molecule has 0 atom stereocenters. The lowest BCUT2D eigenvalue weighted by Gasteiger charge is -2.10. The predicted molar refractivity (Wildman–Crippen MR) is 95.3 cm³/mol. The number of anilines is 2. The molecule has 0 fully saturated rings. The highest BCUT2D eigenvalue weighted by atomic mass is 35.5. The van der Waals surface area contributed by atoms with Gasteiger partial charge in [0.15, 0.2) is 0 Å². The van der Waals surface area contributed by atoms with E-state index in [1.54, 1.807) is 18.4 Å². The number of ether oxygens (including phenoxy) is 1. The molecule has 0 bridgehead atoms. The third-order valence-electron chi connectivity index (χ3n) is 4.12. The average Bonchev–Trinajstić information content (AvgIpc) is 2.94. The molecule has 2 aromatic heterocycles. The number of rotatable bonds is 3. The maximum Gasteiger partial charge on any atom is 0.230 e. The van der Waals surface area contributed by atoms with E-state index in [4.69, 9.17) is 16.3 Å². The van der Waals surface area contributed by atoms with E-state index in [0.717, 1.165) is 34.5 Å². The first kappa shape index (κ1) is 14.7. The Kier molecular flexibility index (Phi) is 3.83. The lowest BCUT2D eigenvalue weighted by molar-refractivity contribution is 0.415. The van der Waals surface area contributed by atoms with Gasteiger partial charge in [-0.2, -0.15) is 0 Å². The molecule has 0 aliphatic heterocycles. The van der Waals surface area contributed by atoms with Crippen LogP contribution in [0.3, 0.4) is 0 Å². The molecule has 0 radical (unpaired) electrons.